The molecule has 0 heterocycles. The zero-order chi connectivity index (χ0) is 20.8. The summed E-state index contributed by atoms with van der Waals surface area (Å²) in [6, 6.07) is 12.9. The van der Waals surface area contributed by atoms with Crippen molar-refractivity contribution in [2.24, 2.45) is 0 Å². The number of hydrogen-bond donors (Lipinski definition) is 1. The van der Waals surface area contributed by atoms with Crippen molar-refractivity contribution in [3.63, 3.8) is 0 Å². The van der Waals surface area contributed by atoms with Gasteiger partial charge >= 0.3 is 0 Å². The van der Waals surface area contributed by atoms with Crippen LogP contribution in [0.1, 0.15) is 12.0 Å². The number of aryl methyl sites for hydroxylation is 1. The summed E-state index contributed by atoms with van der Waals surface area (Å²) >= 11 is 0. The Morgan fingerprint density at radius 1 is 1.00 bits per heavy atom. The van der Waals surface area contributed by atoms with Crippen molar-refractivity contribution < 1.29 is 26.4 Å². The van der Waals surface area contributed by atoms with E-state index < -0.39 is 25.6 Å². The van der Waals surface area contributed by atoms with Crippen molar-refractivity contribution in [3.05, 3.63) is 54.1 Å². The number of carbonyl (C=O) groups excluding carboxylic acids is 1. The fourth-order valence-electron chi connectivity index (χ4n) is 2.29. The van der Waals surface area contributed by atoms with Gasteiger partial charge in [-0.05, 0) is 31.2 Å². The number of benzene rings is 2. The second-order valence-corrected chi connectivity index (χ2v) is 10.8. The Labute approximate surface area is 165 Å². The zero-order valence-corrected chi connectivity index (χ0v) is 17.3. The third kappa shape index (κ3) is 7.32. The van der Waals surface area contributed by atoms with E-state index in [0.717, 1.165) is 11.8 Å². The van der Waals surface area contributed by atoms with E-state index in [-0.39, 0.29) is 29.4 Å². The molecule has 1 amide bonds. The molecule has 0 aliphatic rings. The van der Waals surface area contributed by atoms with E-state index in [2.05, 4.69) is 5.32 Å². The van der Waals surface area contributed by atoms with Crippen LogP contribution in [-0.4, -0.2) is 47.1 Å². The minimum atomic E-state index is -3.54. The first-order valence-electron chi connectivity index (χ1n) is 8.55. The van der Waals surface area contributed by atoms with Gasteiger partial charge in [0, 0.05) is 24.4 Å². The first-order valence-corrected chi connectivity index (χ1v) is 12.3. The molecule has 0 unspecified atom stereocenters. The maximum absolute atomic E-state index is 12.3. The monoisotopic (exact) mass is 425 g/mol. The lowest BCUT2D eigenvalue weighted by atomic mass is 10.2. The second-order valence-electron chi connectivity index (χ2n) is 6.44. The molecule has 0 fully saturated rings. The number of sulfone groups is 2. The first-order chi connectivity index (χ1) is 13.0. The number of ether oxygens (including phenoxy) is 1. The Hall–Kier alpha value is -2.39. The molecule has 9 heteroatoms. The second kappa shape index (κ2) is 9.20. The molecule has 2 aromatic rings. The molecule has 0 bridgehead atoms. The lowest BCUT2D eigenvalue weighted by Gasteiger charge is -2.09. The SMILES string of the molecule is Cc1ccc(S(=O)(=O)CCC(=O)Nc2cccc(OCCS(C)(=O)=O)c2)cc1. The van der Waals surface area contributed by atoms with Crippen LogP contribution in [0.4, 0.5) is 5.69 Å². The normalized spacial score (nSPS) is 11.8. The van der Waals surface area contributed by atoms with Gasteiger partial charge in [0.15, 0.2) is 19.7 Å². The van der Waals surface area contributed by atoms with Gasteiger partial charge in [0.25, 0.3) is 0 Å². The van der Waals surface area contributed by atoms with Crippen LogP contribution in [0, 0.1) is 6.92 Å². The molecule has 2 aromatic carbocycles. The van der Waals surface area contributed by atoms with Gasteiger partial charge in [-0.1, -0.05) is 23.8 Å². The molecule has 0 saturated carbocycles. The van der Waals surface area contributed by atoms with Gasteiger partial charge < -0.3 is 10.1 Å². The Morgan fingerprint density at radius 3 is 2.32 bits per heavy atom. The van der Waals surface area contributed by atoms with Crippen molar-refractivity contribution in [3.8, 4) is 5.75 Å². The molecule has 0 aliphatic heterocycles. The van der Waals surface area contributed by atoms with Crippen molar-refractivity contribution >= 4 is 31.3 Å². The zero-order valence-electron chi connectivity index (χ0n) is 15.7. The standard InChI is InChI=1S/C19H23NO6S2/c1-15-6-8-18(9-7-15)28(24,25)12-10-19(21)20-16-4-3-5-17(14-16)26-11-13-27(2,22)23/h3-9,14H,10-13H2,1-2H3,(H,20,21). The number of anilines is 1. The van der Waals surface area contributed by atoms with Gasteiger partial charge in [0.1, 0.15) is 12.4 Å². The van der Waals surface area contributed by atoms with Gasteiger partial charge in [0.2, 0.25) is 5.91 Å². The van der Waals surface area contributed by atoms with Gasteiger partial charge in [0.05, 0.1) is 16.4 Å². The third-order valence-corrected chi connectivity index (χ3v) is 6.46. The highest BCUT2D eigenvalue weighted by Gasteiger charge is 2.16. The minimum Gasteiger partial charge on any atom is -0.492 e. The van der Waals surface area contributed by atoms with Crippen LogP contribution < -0.4 is 10.1 Å². The van der Waals surface area contributed by atoms with Gasteiger partial charge in [-0.15, -0.1) is 0 Å². The van der Waals surface area contributed by atoms with Crippen LogP contribution >= 0.6 is 0 Å². The van der Waals surface area contributed by atoms with Gasteiger partial charge in [-0.2, -0.15) is 0 Å². The van der Waals surface area contributed by atoms with Crippen molar-refractivity contribution in [1.82, 2.24) is 0 Å². The van der Waals surface area contributed by atoms with Gasteiger partial charge in [-0.3, -0.25) is 4.79 Å². The van der Waals surface area contributed by atoms with Crippen LogP contribution in [0.2, 0.25) is 0 Å². The van der Waals surface area contributed by atoms with E-state index in [1.165, 1.54) is 12.1 Å². The molecule has 0 radical (unpaired) electrons. The van der Waals surface area contributed by atoms with E-state index in [1.807, 2.05) is 6.92 Å². The van der Waals surface area contributed by atoms with Crippen LogP contribution in [0.15, 0.2) is 53.4 Å². The van der Waals surface area contributed by atoms with E-state index in [4.69, 9.17) is 4.74 Å². The van der Waals surface area contributed by atoms with Crippen LogP contribution in [0.25, 0.3) is 0 Å². The minimum absolute atomic E-state index is 0.00499. The number of hydrogen-bond acceptors (Lipinski definition) is 6. The Morgan fingerprint density at radius 2 is 1.68 bits per heavy atom. The number of amides is 1. The molecule has 28 heavy (non-hydrogen) atoms. The summed E-state index contributed by atoms with van der Waals surface area (Å²) in [4.78, 5) is 12.3. The first kappa shape index (κ1) is 21.9. The van der Waals surface area contributed by atoms with Crippen molar-refractivity contribution in [2.45, 2.75) is 18.2 Å². The highest BCUT2D eigenvalue weighted by atomic mass is 32.2. The number of nitrogens with one attached hydrogen (secondary N) is 1. The summed E-state index contributed by atoms with van der Waals surface area (Å²) in [5, 5.41) is 2.62. The molecular formula is C19H23NO6S2. The Bertz CT molecular complexity index is 1030. The molecule has 152 valence electrons. The topological polar surface area (TPSA) is 107 Å². The van der Waals surface area contributed by atoms with Crippen LogP contribution in [0.3, 0.4) is 0 Å². The molecule has 0 atom stereocenters. The average molecular weight is 426 g/mol. The highest BCUT2D eigenvalue weighted by Crippen LogP contribution is 2.18. The number of carbonyl (C=O) groups is 1. The predicted molar refractivity (Wildman–Crippen MR) is 108 cm³/mol. The molecule has 0 saturated heterocycles. The summed E-state index contributed by atoms with van der Waals surface area (Å²) in [7, 11) is -6.66. The summed E-state index contributed by atoms with van der Waals surface area (Å²) in [6.07, 6.45) is 0.938. The summed E-state index contributed by atoms with van der Waals surface area (Å²) in [5.41, 5.74) is 1.39. The summed E-state index contributed by atoms with van der Waals surface area (Å²) in [5.74, 6) is -0.440. The number of rotatable bonds is 9. The van der Waals surface area contributed by atoms with E-state index in [9.17, 15) is 21.6 Å². The lowest BCUT2D eigenvalue weighted by Crippen LogP contribution is -2.17. The largest absolute Gasteiger partial charge is 0.492 e. The summed E-state index contributed by atoms with van der Waals surface area (Å²) < 4.78 is 52.2. The van der Waals surface area contributed by atoms with Crippen LogP contribution in [0.5, 0.6) is 5.75 Å². The third-order valence-electron chi connectivity index (χ3n) is 3.82. The Balaban J connectivity index is 1.90. The molecule has 2 rings (SSSR count). The Kier molecular flexibility index (Phi) is 7.20. The lowest BCUT2D eigenvalue weighted by molar-refractivity contribution is -0.115. The smallest absolute Gasteiger partial charge is 0.225 e. The summed E-state index contributed by atoms with van der Waals surface area (Å²) in [6.45, 7) is 1.87. The quantitative estimate of drug-likeness (QED) is 0.660. The van der Waals surface area contributed by atoms with Crippen molar-refractivity contribution in [2.75, 3.05) is 29.7 Å². The molecule has 1 N–H and O–H groups in total. The fourth-order valence-corrected chi connectivity index (χ4v) is 3.92. The maximum Gasteiger partial charge on any atom is 0.225 e. The van der Waals surface area contributed by atoms with Gasteiger partial charge in [-0.25, -0.2) is 16.8 Å². The van der Waals surface area contributed by atoms with Crippen LogP contribution in [-0.2, 0) is 24.5 Å². The molecular weight excluding hydrogens is 402 g/mol. The van der Waals surface area contributed by atoms with E-state index in [1.54, 1.807) is 36.4 Å². The van der Waals surface area contributed by atoms with E-state index >= 15 is 0 Å². The molecule has 0 aromatic heterocycles. The highest BCUT2D eigenvalue weighted by molar-refractivity contribution is 7.91. The van der Waals surface area contributed by atoms with Crippen molar-refractivity contribution in [1.29, 1.82) is 0 Å². The average Bonchev–Trinajstić information content (AvgIpc) is 2.60. The molecule has 0 aliphatic carbocycles. The van der Waals surface area contributed by atoms with E-state index in [0.29, 0.717) is 11.4 Å². The predicted octanol–water partition coefficient (Wildman–Crippen LogP) is 2.22. The molecule has 0 spiro atoms. The maximum atomic E-state index is 12.3. The fraction of sp³-hybridized carbons (Fsp3) is 0.316. The molecule has 7 nitrogen and oxygen atoms in total.